The van der Waals surface area contributed by atoms with E-state index in [4.69, 9.17) is 0 Å². The number of aryl methyl sites for hydroxylation is 1. The molecule has 124 valence electrons. The molecule has 1 amide bonds. The number of amides is 1. The molecule has 0 spiro atoms. The van der Waals surface area contributed by atoms with Crippen LogP contribution in [-0.4, -0.2) is 22.8 Å². The van der Waals surface area contributed by atoms with Crippen LogP contribution in [0.4, 0.5) is 0 Å². The number of nitrogens with one attached hydrogen (secondary N) is 1. The van der Waals surface area contributed by atoms with Gasteiger partial charge in [0.25, 0.3) is 5.56 Å². The van der Waals surface area contributed by atoms with Crippen LogP contribution < -0.4 is 10.9 Å². The summed E-state index contributed by atoms with van der Waals surface area (Å²) in [4.78, 5) is 24.9. The Labute approximate surface area is 148 Å². The zero-order valence-electron chi connectivity index (χ0n) is 13.3. The van der Waals surface area contributed by atoms with Crippen molar-refractivity contribution in [3.63, 3.8) is 0 Å². The second kappa shape index (κ2) is 7.68. The molecule has 1 N–H and O–H groups in total. The summed E-state index contributed by atoms with van der Waals surface area (Å²) in [6.07, 6.45) is 0.842. The Bertz CT molecular complexity index is 901. The molecule has 24 heavy (non-hydrogen) atoms. The van der Waals surface area contributed by atoms with Gasteiger partial charge in [0.05, 0.1) is 11.3 Å². The van der Waals surface area contributed by atoms with Crippen LogP contribution in [-0.2, 0) is 18.3 Å². The van der Waals surface area contributed by atoms with Gasteiger partial charge in [-0.15, -0.1) is 11.8 Å². The predicted molar refractivity (Wildman–Crippen MR) is 101 cm³/mol. The summed E-state index contributed by atoms with van der Waals surface area (Å²) in [6.45, 7) is 0.632. The number of carbonyl (C=O) groups is 1. The van der Waals surface area contributed by atoms with Crippen molar-refractivity contribution in [3.8, 4) is 0 Å². The lowest BCUT2D eigenvalue weighted by Gasteiger charge is -2.10. The Kier molecular flexibility index (Phi) is 5.37. The maximum Gasteiger partial charge on any atom is 0.251 e. The second-order valence-corrected chi connectivity index (χ2v) is 7.24. The van der Waals surface area contributed by atoms with Crippen molar-refractivity contribution < 1.29 is 4.79 Å². The molecule has 0 aliphatic rings. The van der Waals surface area contributed by atoms with Gasteiger partial charge in [-0.2, -0.15) is 11.3 Å². The molecule has 0 aliphatic heterocycles. The number of fused-ring (bicyclic) bond motifs is 1. The Morgan fingerprint density at radius 3 is 2.92 bits per heavy atom. The number of thiophene rings is 1. The van der Waals surface area contributed by atoms with E-state index < -0.39 is 0 Å². The average Bonchev–Trinajstić information content (AvgIpc) is 3.10. The molecule has 6 heteroatoms. The van der Waals surface area contributed by atoms with Crippen molar-refractivity contribution in [2.24, 2.45) is 7.05 Å². The molecule has 0 bridgehead atoms. The van der Waals surface area contributed by atoms with E-state index in [1.807, 2.05) is 29.6 Å². The lowest BCUT2D eigenvalue weighted by atomic mass is 10.2. The molecule has 0 unspecified atom stereocenters. The van der Waals surface area contributed by atoms with Crippen molar-refractivity contribution in [2.45, 2.75) is 11.3 Å². The Morgan fingerprint density at radius 1 is 1.29 bits per heavy atom. The number of hydrogen-bond acceptors (Lipinski definition) is 4. The van der Waals surface area contributed by atoms with Gasteiger partial charge in [0.15, 0.2) is 0 Å². The van der Waals surface area contributed by atoms with Gasteiger partial charge in [0.2, 0.25) is 5.91 Å². The van der Waals surface area contributed by atoms with Crippen LogP contribution in [0.3, 0.4) is 0 Å². The summed E-state index contributed by atoms with van der Waals surface area (Å²) in [5.74, 6) is 0.292. The third-order valence-electron chi connectivity index (χ3n) is 3.79. The molecule has 2 aromatic heterocycles. The number of thioether (sulfide) groups is 1. The summed E-state index contributed by atoms with van der Waals surface area (Å²) >= 11 is 3.07. The van der Waals surface area contributed by atoms with Crippen molar-refractivity contribution in [1.29, 1.82) is 0 Å². The normalized spacial score (nSPS) is 10.9. The van der Waals surface area contributed by atoms with E-state index >= 15 is 0 Å². The first-order valence-corrected chi connectivity index (χ1v) is 9.57. The van der Waals surface area contributed by atoms with Crippen LogP contribution in [0.5, 0.6) is 0 Å². The van der Waals surface area contributed by atoms with E-state index in [0.29, 0.717) is 12.3 Å². The van der Waals surface area contributed by atoms with Gasteiger partial charge in [0.1, 0.15) is 0 Å². The van der Waals surface area contributed by atoms with Crippen LogP contribution in [0.25, 0.3) is 10.9 Å². The van der Waals surface area contributed by atoms with Crippen molar-refractivity contribution >= 4 is 39.9 Å². The largest absolute Gasteiger partial charge is 0.355 e. The highest BCUT2D eigenvalue weighted by atomic mass is 32.2. The summed E-state index contributed by atoms with van der Waals surface area (Å²) in [7, 11) is 1.76. The van der Waals surface area contributed by atoms with Gasteiger partial charge < -0.3 is 9.88 Å². The van der Waals surface area contributed by atoms with E-state index in [-0.39, 0.29) is 11.5 Å². The number of pyridine rings is 1. The third-order valence-corrected chi connectivity index (χ3v) is 5.58. The fraction of sp³-hybridized carbons (Fsp3) is 0.222. The first-order valence-electron chi connectivity index (χ1n) is 7.64. The summed E-state index contributed by atoms with van der Waals surface area (Å²) < 4.78 is 1.63. The number of carbonyl (C=O) groups excluding carboxylic acids is 1. The first kappa shape index (κ1) is 16.8. The van der Waals surface area contributed by atoms with E-state index in [1.54, 1.807) is 29.0 Å². The third kappa shape index (κ3) is 3.88. The molecule has 0 aliphatic carbocycles. The zero-order valence-corrected chi connectivity index (χ0v) is 15.0. The standard InChI is InChI=1S/C18H18N2O2S2/c1-20-15-5-3-2-4-14(15)16(10-18(20)22)24-12-17(21)19-8-6-13-7-9-23-11-13/h2-5,7,9-11H,6,8,12H2,1H3,(H,19,21). The summed E-state index contributed by atoms with van der Waals surface area (Å²) in [6, 6.07) is 11.4. The minimum Gasteiger partial charge on any atom is -0.355 e. The Morgan fingerprint density at radius 2 is 2.12 bits per heavy atom. The topological polar surface area (TPSA) is 51.1 Å². The van der Waals surface area contributed by atoms with Crippen LogP contribution in [0, 0.1) is 0 Å². The van der Waals surface area contributed by atoms with Crippen LogP contribution >= 0.6 is 23.1 Å². The van der Waals surface area contributed by atoms with Gasteiger partial charge in [0, 0.05) is 29.9 Å². The molecule has 0 fully saturated rings. The van der Waals surface area contributed by atoms with E-state index in [0.717, 1.165) is 22.2 Å². The lowest BCUT2D eigenvalue weighted by molar-refractivity contribution is -0.118. The van der Waals surface area contributed by atoms with Gasteiger partial charge in [-0.25, -0.2) is 0 Å². The maximum absolute atomic E-state index is 12.1. The summed E-state index contributed by atoms with van der Waals surface area (Å²) in [5, 5.41) is 8.05. The number of benzene rings is 1. The summed E-state index contributed by atoms with van der Waals surface area (Å²) in [5.41, 5.74) is 2.06. The molecule has 0 atom stereocenters. The minimum absolute atomic E-state index is 0.0139. The molecule has 3 aromatic rings. The fourth-order valence-electron chi connectivity index (χ4n) is 2.47. The highest BCUT2D eigenvalue weighted by Gasteiger charge is 2.09. The van der Waals surface area contributed by atoms with Crippen molar-refractivity contribution in [3.05, 3.63) is 63.1 Å². The SMILES string of the molecule is Cn1c(=O)cc(SCC(=O)NCCc2ccsc2)c2ccccc21. The van der Waals surface area contributed by atoms with Crippen molar-refractivity contribution in [2.75, 3.05) is 12.3 Å². The zero-order chi connectivity index (χ0) is 16.9. The molecule has 2 heterocycles. The molecule has 0 saturated carbocycles. The van der Waals surface area contributed by atoms with Gasteiger partial charge in [-0.3, -0.25) is 9.59 Å². The number of aromatic nitrogens is 1. The highest BCUT2D eigenvalue weighted by Crippen LogP contribution is 2.25. The van der Waals surface area contributed by atoms with Crippen LogP contribution in [0.1, 0.15) is 5.56 Å². The molecular weight excluding hydrogens is 340 g/mol. The van der Waals surface area contributed by atoms with E-state index in [9.17, 15) is 9.59 Å². The highest BCUT2D eigenvalue weighted by molar-refractivity contribution is 8.00. The van der Waals surface area contributed by atoms with Gasteiger partial charge in [-0.1, -0.05) is 18.2 Å². The van der Waals surface area contributed by atoms with Crippen LogP contribution in [0.15, 0.2) is 56.8 Å². The quantitative estimate of drug-likeness (QED) is 0.689. The lowest BCUT2D eigenvalue weighted by Crippen LogP contribution is -2.27. The first-order chi connectivity index (χ1) is 11.6. The fourth-order valence-corrected chi connectivity index (χ4v) is 4.08. The number of hydrogen-bond donors (Lipinski definition) is 1. The molecule has 0 saturated heterocycles. The molecule has 0 radical (unpaired) electrons. The minimum atomic E-state index is -0.0611. The average molecular weight is 358 g/mol. The van der Waals surface area contributed by atoms with Gasteiger partial charge >= 0.3 is 0 Å². The number of rotatable bonds is 6. The molecule has 4 nitrogen and oxygen atoms in total. The van der Waals surface area contributed by atoms with E-state index in [1.165, 1.54) is 17.3 Å². The number of para-hydroxylation sites is 1. The second-order valence-electron chi connectivity index (χ2n) is 5.44. The molecule has 3 rings (SSSR count). The maximum atomic E-state index is 12.1. The van der Waals surface area contributed by atoms with E-state index in [2.05, 4.69) is 16.8 Å². The van der Waals surface area contributed by atoms with Crippen molar-refractivity contribution in [1.82, 2.24) is 9.88 Å². The smallest absolute Gasteiger partial charge is 0.251 e. The Hall–Kier alpha value is -2.05. The monoisotopic (exact) mass is 358 g/mol. The van der Waals surface area contributed by atoms with Gasteiger partial charge in [-0.05, 0) is 34.9 Å². The molecular formula is C18H18N2O2S2. The predicted octanol–water partition coefficient (Wildman–Crippen LogP) is 3.05. The molecule has 1 aromatic carbocycles. The van der Waals surface area contributed by atoms with Crippen LogP contribution in [0.2, 0.25) is 0 Å². The Balaban J connectivity index is 1.62. The number of nitrogens with zero attached hydrogens (tertiary/aromatic N) is 1.